The van der Waals surface area contributed by atoms with E-state index in [2.05, 4.69) is 14.1 Å². The summed E-state index contributed by atoms with van der Waals surface area (Å²) in [5.41, 5.74) is 2.01. The normalized spacial score (nSPS) is 25.3. The maximum atomic E-state index is 13.8. The summed E-state index contributed by atoms with van der Waals surface area (Å²) in [5, 5.41) is 0. The Morgan fingerprint density at radius 2 is 0.932 bits per heavy atom. The molecule has 0 radical (unpaired) electrons. The highest BCUT2D eigenvalue weighted by Crippen LogP contribution is 2.58. The minimum Gasteiger partial charge on any atom is -1.00 e. The lowest BCUT2D eigenvalue weighted by atomic mass is 9.52. The van der Waals surface area contributed by atoms with E-state index < -0.39 is 11.8 Å². The minimum atomic E-state index is -0.412. The summed E-state index contributed by atoms with van der Waals surface area (Å²) >= 11 is 0. The summed E-state index contributed by atoms with van der Waals surface area (Å²) in [5.74, 6) is -1.71. The van der Waals surface area contributed by atoms with Crippen molar-refractivity contribution in [1.82, 2.24) is 0 Å². The van der Waals surface area contributed by atoms with Crippen LogP contribution < -0.4 is 48.0 Å². The third-order valence-electron chi connectivity index (χ3n) is 10.4. The highest BCUT2D eigenvalue weighted by Gasteiger charge is 2.59. The van der Waals surface area contributed by atoms with Gasteiger partial charge >= 0.3 is 11.9 Å². The number of piperidine rings is 2. The molecule has 0 atom stereocenters. The zero-order valence-corrected chi connectivity index (χ0v) is 31.0. The predicted octanol–water partition coefficient (Wildman–Crippen LogP) is -0.0644. The van der Waals surface area contributed by atoms with Gasteiger partial charge < -0.3 is 66.4 Å². The molecule has 0 amide bonds. The van der Waals surface area contributed by atoms with E-state index in [1.54, 1.807) is 0 Å². The maximum Gasteiger partial charge on any atom is 0.310 e. The molecule has 2 aromatic carbocycles. The van der Waals surface area contributed by atoms with Crippen LogP contribution in [0, 0.1) is 11.8 Å². The lowest BCUT2D eigenvalue weighted by Crippen LogP contribution is -3.00. The molecular formula is C36H52I2N2O4. The highest BCUT2D eigenvalue weighted by atomic mass is 127. The number of likely N-dealkylation sites (tertiary alicyclic amines) is 2. The number of nitrogens with zero attached hydrogens (tertiary/aromatic N) is 2. The largest absolute Gasteiger partial charge is 1.00 e. The number of hydrogen-bond acceptors (Lipinski definition) is 4. The van der Waals surface area contributed by atoms with Crippen LogP contribution in [0.25, 0.3) is 0 Å². The Morgan fingerprint density at radius 3 is 1.27 bits per heavy atom. The van der Waals surface area contributed by atoms with Gasteiger partial charge in [-0.05, 0) is 49.7 Å². The van der Waals surface area contributed by atoms with Gasteiger partial charge in [0, 0.05) is 24.7 Å². The molecule has 1 saturated carbocycles. The second-order valence-electron chi connectivity index (χ2n) is 13.7. The number of benzene rings is 2. The fourth-order valence-corrected chi connectivity index (χ4v) is 7.94. The molecule has 2 saturated heterocycles. The van der Waals surface area contributed by atoms with Crippen molar-refractivity contribution in [2.75, 3.05) is 66.6 Å². The van der Waals surface area contributed by atoms with Crippen LogP contribution in [0.2, 0.25) is 0 Å². The van der Waals surface area contributed by atoms with Crippen molar-refractivity contribution in [3.05, 3.63) is 71.8 Å². The lowest BCUT2D eigenvalue weighted by Gasteiger charge is -2.49. The lowest BCUT2D eigenvalue weighted by molar-refractivity contribution is -0.914. The molecule has 2 aromatic rings. The summed E-state index contributed by atoms with van der Waals surface area (Å²) in [6.07, 6.45) is 9.52. The van der Waals surface area contributed by atoms with Crippen LogP contribution in [0.15, 0.2) is 60.7 Å². The second-order valence-corrected chi connectivity index (χ2v) is 13.7. The molecule has 6 nitrogen and oxygen atoms in total. The first kappa shape index (κ1) is 37.2. The Morgan fingerprint density at radius 1 is 0.591 bits per heavy atom. The maximum absolute atomic E-state index is 13.8. The Hall–Kier alpha value is -1.24. The van der Waals surface area contributed by atoms with Crippen LogP contribution in [0.4, 0.5) is 0 Å². The average molecular weight is 831 g/mol. The summed E-state index contributed by atoms with van der Waals surface area (Å²) in [7, 11) is 4.66. The van der Waals surface area contributed by atoms with Crippen molar-refractivity contribution in [2.24, 2.45) is 11.8 Å². The van der Waals surface area contributed by atoms with Gasteiger partial charge in [-0.25, -0.2) is 0 Å². The van der Waals surface area contributed by atoms with Gasteiger partial charge in [0.05, 0.1) is 78.4 Å². The van der Waals surface area contributed by atoms with Gasteiger partial charge in [0.15, 0.2) is 0 Å². The van der Waals surface area contributed by atoms with Crippen LogP contribution in [-0.2, 0) is 19.1 Å². The molecule has 0 N–H and O–H groups in total. The zero-order chi connectivity index (χ0) is 29.4. The molecule has 3 aliphatic rings. The molecule has 2 aliphatic heterocycles. The van der Waals surface area contributed by atoms with Gasteiger partial charge in [-0.2, -0.15) is 0 Å². The van der Waals surface area contributed by atoms with E-state index in [1.165, 1.54) is 64.7 Å². The van der Waals surface area contributed by atoms with Crippen LogP contribution in [0.5, 0.6) is 0 Å². The van der Waals surface area contributed by atoms with Crippen molar-refractivity contribution < 1.29 is 76.0 Å². The van der Waals surface area contributed by atoms with Crippen molar-refractivity contribution in [3.63, 3.8) is 0 Å². The summed E-state index contributed by atoms with van der Waals surface area (Å²) in [6, 6.07) is 20.1. The summed E-state index contributed by atoms with van der Waals surface area (Å²) in [6.45, 7) is 7.78. The van der Waals surface area contributed by atoms with Gasteiger partial charge in [-0.3, -0.25) is 9.59 Å². The van der Waals surface area contributed by atoms with E-state index in [0.717, 1.165) is 46.0 Å². The number of esters is 2. The fourth-order valence-electron chi connectivity index (χ4n) is 7.94. The van der Waals surface area contributed by atoms with Gasteiger partial charge in [-0.15, -0.1) is 0 Å². The smallest absolute Gasteiger partial charge is 0.310 e. The topological polar surface area (TPSA) is 52.6 Å². The van der Waals surface area contributed by atoms with E-state index >= 15 is 0 Å². The number of rotatable bonds is 12. The van der Waals surface area contributed by atoms with Crippen molar-refractivity contribution in [1.29, 1.82) is 0 Å². The number of carbonyl (C=O) groups is 2. The quantitative estimate of drug-likeness (QED) is 0.130. The number of hydrogen-bond donors (Lipinski definition) is 0. The predicted molar refractivity (Wildman–Crippen MR) is 166 cm³/mol. The summed E-state index contributed by atoms with van der Waals surface area (Å²) < 4.78 is 14.1. The molecule has 0 aromatic heterocycles. The van der Waals surface area contributed by atoms with Crippen molar-refractivity contribution in [2.45, 2.75) is 63.2 Å². The Labute approximate surface area is 299 Å². The molecule has 1 aliphatic carbocycles. The van der Waals surface area contributed by atoms with E-state index in [-0.39, 0.29) is 71.7 Å². The molecule has 3 fully saturated rings. The molecule has 0 bridgehead atoms. The third-order valence-corrected chi connectivity index (χ3v) is 10.4. The Kier molecular flexibility index (Phi) is 14.9. The monoisotopic (exact) mass is 830 g/mol. The molecule has 8 heteroatoms. The van der Waals surface area contributed by atoms with Crippen molar-refractivity contribution >= 4 is 11.9 Å². The first-order valence-electron chi connectivity index (χ1n) is 16.5. The molecule has 2 heterocycles. The van der Waals surface area contributed by atoms with Gasteiger partial charge in [0.1, 0.15) is 0 Å². The van der Waals surface area contributed by atoms with E-state index in [4.69, 9.17) is 9.47 Å². The first-order valence-corrected chi connectivity index (χ1v) is 16.5. The molecular weight excluding hydrogens is 778 g/mol. The van der Waals surface area contributed by atoms with Crippen LogP contribution in [-0.4, -0.2) is 87.5 Å². The van der Waals surface area contributed by atoms with Crippen LogP contribution >= 0.6 is 0 Å². The first-order chi connectivity index (χ1) is 20.4. The fraction of sp³-hybridized carbons (Fsp3) is 0.611. The number of ether oxygens (including phenoxy) is 2. The number of halogens is 2. The molecule has 5 rings (SSSR count). The van der Waals surface area contributed by atoms with E-state index in [9.17, 15) is 9.59 Å². The molecule has 0 spiro atoms. The van der Waals surface area contributed by atoms with Gasteiger partial charge in [0.25, 0.3) is 0 Å². The Balaban J connectivity index is 0.00000264. The number of quaternary nitrogens is 2. The van der Waals surface area contributed by atoms with Crippen molar-refractivity contribution in [3.8, 4) is 0 Å². The van der Waals surface area contributed by atoms with E-state index in [0.29, 0.717) is 13.2 Å². The number of carbonyl (C=O) groups excluding carboxylic acids is 2. The van der Waals surface area contributed by atoms with E-state index in [1.807, 2.05) is 60.7 Å². The summed E-state index contributed by atoms with van der Waals surface area (Å²) in [4.78, 5) is 27.6. The average Bonchev–Trinajstić information content (AvgIpc) is 2.99. The second kappa shape index (κ2) is 17.6. The minimum absolute atomic E-state index is 0. The van der Waals surface area contributed by atoms with Gasteiger partial charge in [0.2, 0.25) is 0 Å². The highest BCUT2D eigenvalue weighted by molar-refractivity contribution is 5.85. The van der Waals surface area contributed by atoms with Crippen LogP contribution in [0.1, 0.15) is 74.3 Å². The molecule has 44 heavy (non-hydrogen) atoms. The molecule has 244 valence electrons. The molecule has 0 unspecified atom stereocenters. The zero-order valence-electron chi connectivity index (χ0n) is 26.7. The SMILES string of the molecule is C[N+]1(CCCOC(=O)C2C(c3ccccc3)C(C(=O)OCCC[N+]3(C)CCCCC3)C2c2ccccc2)CCCCC1.[I-].[I-]. The Bertz CT molecular complexity index is 1050. The van der Waals surface area contributed by atoms with Crippen LogP contribution in [0.3, 0.4) is 0 Å². The van der Waals surface area contributed by atoms with Gasteiger partial charge in [-0.1, -0.05) is 60.7 Å². The third kappa shape index (κ3) is 9.41. The standard InChI is InChI=1S/C36H52N2O4.2HI/c1-37(21-11-5-12-22-37)25-15-27-41-35(39)33-31(29-17-7-3-8-18-29)34(32(33)30-19-9-4-10-20-30)36(40)42-28-16-26-38(2)23-13-6-14-24-38;;/h3-4,7-10,17-20,31-34H,5-6,11-16,21-28H2,1-2H3;2*1H/q+2;;/p-2.